The molecule has 1 atom stereocenters. The van der Waals surface area contributed by atoms with Crippen LogP contribution in [0.4, 0.5) is 5.69 Å². The van der Waals surface area contributed by atoms with Crippen molar-refractivity contribution in [3.8, 4) is 11.5 Å². The third kappa shape index (κ3) is 2.89. The van der Waals surface area contributed by atoms with Crippen molar-refractivity contribution in [1.29, 1.82) is 0 Å². The van der Waals surface area contributed by atoms with Crippen molar-refractivity contribution in [2.75, 3.05) is 11.4 Å². The van der Waals surface area contributed by atoms with E-state index in [0.29, 0.717) is 24.4 Å². The van der Waals surface area contributed by atoms with Gasteiger partial charge in [-0.15, -0.1) is 0 Å². The van der Waals surface area contributed by atoms with E-state index in [-0.39, 0.29) is 11.7 Å². The molecule has 0 saturated carbocycles. The molecule has 1 heterocycles. The van der Waals surface area contributed by atoms with E-state index in [1.807, 2.05) is 6.92 Å². The molecule has 0 aliphatic carbocycles. The van der Waals surface area contributed by atoms with Gasteiger partial charge in [-0.3, -0.25) is 4.79 Å². The van der Waals surface area contributed by atoms with Crippen LogP contribution in [0.15, 0.2) is 36.4 Å². The number of hydrogen-bond donors (Lipinski definition) is 1. The van der Waals surface area contributed by atoms with Crippen LogP contribution in [-0.2, 0) is 11.2 Å². The van der Waals surface area contributed by atoms with Gasteiger partial charge in [0.05, 0.1) is 5.69 Å². The van der Waals surface area contributed by atoms with Crippen molar-refractivity contribution in [2.45, 2.75) is 33.3 Å². The third-order valence-corrected chi connectivity index (χ3v) is 4.26. The summed E-state index contributed by atoms with van der Waals surface area (Å²) in [5.74, 6) is 0.705. The number of aryl methyl sites for hydroxylation is 2. The second-order valence-corrected chi connectivity index (χ2v) is 5.98. The topological polar surface area (TPSA) is 49.8 Å². The van der Waals surface area contributed by atoms with Gasteiger partial charge in [0.25, 0.3) is 5.91 Å². The Hall–Kier alpha value is -2.49. The Morgan fingerprint density at radius 1 is 1.17 bits per heavy atom. The zero-order valence-corrected chi connectivity index (χ0v) is 13.7. The summed E-state index contributed by atoms with van der Waals surface area (Å²) in [7, 11) is 0. The summed E-state index contributed by atoms with van der Waals surface area (Å²) in [4.78, 5) is 14.4. The maximum Gasteiger partial charge on any atom is 0.268 e. The summed E-state index contributed by atoms with van der Waals surface area (Å²) < 4.78 is 5.92. The van der Waals surface area contributed by atoms with Crippen LogP contribution in [0.3, 0.4) is 0 Å². The van der Waals surface area contributed by atoms with Crippen molar-refractivity contribution in [1.82, 2.24) is 0 Å². The van der Waals surface area contributed by atoms with Gasteiger partial charge in [-0.05, 0) is 44.0 Å². The van der Waals surface area contributed by atoms with Crippen LogP contribution in [0.5, 0.6) is 11.5 Å². The highest BCUT2D eigenvalue weighted by Gasteiger charge is 2.34. The fourth-order valence-electron chi connectivity index (χ4n) is 3.04. The standard InChI is InChI=1S/C19H21NO3/c1-4-20-16-11-15(21)7-8-17(16)23-18(19(20)22)10-14-6-5-12(2)9-13(14)3/h5-9,11,18,21H,4,10H2,1-3H3. The predicted molar refractivity (Wildman–Crippen MR) is 90.2 cm³/mol. The highest BCUT2D eigenvalue weighted by atomic mass is 16.5. The molecule has 120 valence electrons. The zero-order chi connectivity index (χ0) is 16.6. The second kappa shape index (κ2) is 5.95. The van der Waals surface area contributed by atoms with Crippen LogP contribution in [0, 0.1) is 13.8 Å². The molecule has 1 aliphatic heterocycles. The fraction of sp³-hybridized carbons (Fsp3) is 0.316. The molecule has 0 spiro atoms. The molecule has 1 unspecified atom stereocenters. The summed E-state index contributed by atoms with van der Waals surface area (Å²) >= 11 is 0. The molecule has 23 heavy (non-hydrogen) atoms. The number of anilines is 1. The van der Waals surface area contributed by atoms with Crippen LogP contribution >= 0.6 is 0 Å². The molecule has 2 aromatic rings. The first kappa shape index (κ1) is 15.4. The Morgan fingerprint density at radius 3 is 2.65 bits per heavy atom. The van der Waals surface area contributed by atoms with Gasteiger partial charge in [0.2, 0.25) is 0 Å². The van der Waals surface area contributed by atoms with E-state index in [4.69, 9.17) is 4.74 Å². The number of nitrogens with zero attached hydrogens (tertiary/aromatic N) is 1. The molecule has 0 aromatic heterocycles. The minimum atomic E-state index is -0.534. The number of aromatic hydroxyl groups is 1. The van der Waals surface area contributed by atoms with Gasteiger partial charge in [0.1, 0.15) is 11.5 Å². The summed E-state index contributed by atoms with van der Waals surface area (Å²) in [6.07, 6.45) is 0.00953. The zero-order valence-electron chi connectivity index (χ0n) is 13.7. The van der Waals surface area contributed by atoms with Crippen LogP contribution in [0.2, 0.25) is 0 Å². The van der Waals surface area contributed by atoms with E-state index < -0.39 is 6.10 Å². The first-order chi connectivity index (χ1) is 11.0. The van der Waals surface area contributed by atoms with Crippen LogP contribution in [0.1, 0.15) is 23.6 Å². The van der Waals surface area contributed by atoms with E-state index in [1.165, 1.54) is 11.1 Å². The lowest BCUT2D eigenvalue weighted by Gasteiger charge is -2.34. The summed E-state index contributed by atoms with van der Waals surface area (Å²) in [6.45, 7) is 6.58. The molecule has 1 aliphatic rings. The average molecular weight is 311 g/mol. The lowest BCUT2D eigenvalue weighted by molar-refractivity contribution is -0.126. The maximum atomic E-state index is 12.7. The molecule has 4 nitrogen and oxygen atoms in total. The van der Waals surface area contributed by atoms with Gasteiger partial charge in [-0.1, -0.05) is 23.8 Å². The smallest absolute Gasteiger partial charge is 0.268 e. The fourth-order valence-corrected chi connectivity index (χ4v) is 3.04. The first-order valence-corrected chi connectivity index (χ1v) is 7.86. The van der Waals surface area contributed by atoms with E-state index in [1.54, 1.807) is 23.1 Å². The van der Waals surface area contributed by atoms with Gasteiger partial charge < -0.3 is 14.7 Å². The van der Waals surface area contributed by atoms with Crippen LogP contribution < -0.4 is 9.64 Å². The third-order valence-electron chi connectivity index (χ3n) is 4.26. The number of carbonyl (C=O) groups excluding carboxylic acids is 1. The predicted octanol–water partition coefficient (Wildman–Crippen LogP) is 3.37. The summed E-state index contributed by atoms with van der Waals surface area (Å²) in [5.41, 5.74) is 4.13. The van der Waals surface area contributed by atoms with Crippen molar-refractivity contribution < 1.29 is 14.6 Å². The maximum absolute atomic E-state index is 12.7. The number of fused-ring (bicyclic) bond motifs is 1. The Labute approximate surface area is 136 Å². The van der Waals surface area contributed by atoms with Crippen molar-refractivity contribution in [3.05, 3.63) is 53.1 Å². The van der Waals surface area contributed by atoms with E-state index >= 15 is 0 Å². The van der Waals surface area contributed by atoms with E-state index in [2.05, 4.69) is 32.0 Å². The Morgan fingerprint density at radius 2 is 1.96 bits per heavy atom. The minimum Gasteiger partial charge on any atom is -0.508 e. The van der Waals surface area contributed by atoms with Gasteiger partial charge in [-0.2, -0.15) is 0 Å². The number of carbonyl (C=O) groups is 1. The minimum absolute atomic E-state index is 0.0643. The monoisotopic (exact) mass is 311 g/mol. The molecule has 3 rings (SSSR count). The number of phenols is 1. The largest absolute Gasteiger partial charge is 0.508 e. The number of likely N-dealkylation sites (N-methyl/N-ethyl adjacent to an activating group) is 1. The molecule has 4 heteroatoms. The average Bonchev–Trinajstić information content (AvgIpc) is 2.51. The SMILES string of the molecule is CCN1C(=O)C(Cc2ccc(C)cc2C)Oc2ccc(O)cc21. The molecule has 2 aromatic carbocycles. The van der Waals surface area contributed by atoms with Crippen molar-refractivity contribution >= 4 is 11.6 Å². The van der Waals surface area contributed by atoms with Crippen molar-refractivity contribution in [2.24, 2.45) is 0 Å². The Kier molecular flexibility index (Phi) is 3.99. The molecule has 0 bridgehead atoms. The lowest BCUT2D eigenvalue weighted by Crippen LogP contribution is -2.46. The summed E-state index contributed by atoms with van der Waals surface area (Å²) in [6, 6.07) is 11.1. The Bertz CT molecular complexity index is 754. The molecular formula is C19H21NO3. The molecule has 1 N–H and O–H groups in total. The van der Waals surface area contributed by atoms with Gasteiger partial charge in [-0.25, -0.2) is 0 Å². The van der Waals surface area contributed by atoms with Gasteiger partial charge in [0.15, 0.2) is 6.10 Å². The van der Waals surface area contributed by atoms with Crippen molar-refractivity contribution in [3.63, 3.8) is 0 Å². The van der Waals surface area contributed by atoms with Crippen LogP contribution in [-0.4, -0.2) is 23.7 Å². The lowest BCUT2D eigenvalue weighted by atomic mass is 9.99. The normalized spacial score (nSPS) is 16.9. The molecule has 0 radical (unpaired) electrons. The number of rotatable bonds is 3. The number of benzene rings is 2. The van der Waals surface area contributed by atoms with Gasteiger partial charge >= 0.3 is 0 Å². The quantitative estimate of drug-likeness (QED) is 0.945. The summed E-state index contributed by atoms with van der Waals surface area (Å²) in [5, 5.41) is 9.66. The Balaban J connectivity index is 1.92. The number of phenolic OH excluding ortho intramolecular Hbond substituents is 1. The highest BCUT2D eigenvalue weighted by molar-refractivity contribution is 6.00. The molecule has 0 fully saturated rings. The van der Waals surface area contributed by atoms with Gasteiger partial charge in [0, 0.05) is 19.0 Å². The number of hydrogen-bond acceptors (Lipinski definition) is 3. The first-order valence-electron chi connectivity index (χ1n) is 7.86. The van der Waals surface area contributed by atoms with E-state index in [9.17, 15) is 9.90 Å². The number of ether oxygens (including phenoxy) is 1. The second-order valence-electron chi connectivity index (χ2n) is 5.98. The number of amides is 1. The van der Waals surface area contributed by atoms with Crippen LogP contribution in [0.25, 0.3) is 0 Å². The van der Waals surface area contributed by atoms with E-state index in [0.717, 1.165) is 5.56 Å². The molecule has 1 amide bonds. The highest BCUT2D eigenvalue weighted by Crippen LogP contribution is 2.37. The molecular weight excluding hydrogens is 290 g/mol. The molecule has 0 saturated heterocycles.